The highest BCUT2D eigenvalue weighted by molar-refractivity contribution is 5.90. The summed E-state index contributed by atoms with van der Waals surface area (Å²) in [6, 6.07) is 0. The predicted octanol–water partition coefficient (Wildman–Crippen LogP) is 1.54. The normalized spacial score (nSPS) is 10.4. The molecule has 0 aromatic carbocycles. The van der Waals surface area contributed by atoms with Crippen molar-refractivity contribution < 1.29 is 18.3 Å². The van der Waals surface area contributed by atoms with Crippen LogP contribution in [-0.2, 0) is 11.8 Å². The second-order valence-corrected chi connectivity index (χ2v) is 3.36. The molecular weight excluding hydrogens is 230 g/mol. The molecule has 2 radical (unpaired) electrons. The maximum absolute atomic E-state index is 12.5. The third-order valence-corrected chi connectivity index (χ3v) is 1.63. The smallest absolute Gasteiger partial charge is 0.342 e. The lowest BCUT2D eigenvalue weighted by molar-refractivity contribution is 0.0368. The first-order valence-corrected chi connectivity index (χ1v) is 4.44. The van der Waals surface area contributed by atoms with E-state index in [1.807, 2.05) is 0 Å². The Hall–Kier alpha value is -0.694. The molecule has 0 aliphatic rings. The largest absolute Gasteiger partial charge is 0.459 e. The van der Waals surface area contributed by atoms with Gasteiger partial charge < -0.3 is 4.74 Å². The Labute approximate surface area is 108 Å². The summed E-state index contributed by atoms with van der Waals surface area (Å²) >= 11 is 0. The molecule has 1 aromatic heterocycles. The molecule has 0 bridgehead atoms. The van der Waals surface area contributed by atoms with Gasteiger partial charge in [0.2, 0.25) is 0 Å². The SMILES string of the molecule is CC(C)OC(=O)c1cn(C)nc1C(F)F.[Mg]. The van der Waals surface area contributed by atoms with Gasteiger partial charge in [-0.05, 0) is 13.8 Å². The van der Waals surface area contributed by atoms with Gasteiger partial charge in [-0.3, -0.25) is 4.68 Å². The molecule has 0 aliphatic carbocycles. The van der Waals surface area contributed by atoms with E-state index >= 15 is 0 Å². The Kier molecular flexibility index (Phi) is 5.88. The Morgan fingerprint density at radius 1 is 1.50 bits per heavy atom. The molecule has 0 saturated heterocycles. The maximum Gasteiger partial charge on any atom is 0.342 e. The van der Waals surface area contributed by atoms with Crippen molar-refractivity contribution in [1.82, 2.24) is 9.78 Å². The number of hydrogen-bond acceptors (Lipinski definition) is 3. The van der Waals surface area contributed by atoms with Gasteiger partial charge in [-0.2, -0.15) is 5.10 Å². The molecule has 86 valence electrons. The van der Waals surface area contributed by atoms with E-state index in [0.29, 0.717) is 0 Å². The van der Waals surface area contributed by atoms with Crippen molar-refractivity contribution in [2.75, 3.05) is 0 Å². The van der Waals surface area contributed by atoms with E-state index in [-0.39, 0.29) is 34.7 Å². The van der Waals surface area contributed by atoms with Crippen LogP contribution >= 0.6 is 0 Å². The number of carbonyl (C=O) groups excluding carboxylic acids is 1. The van der Waals surface area contributed by atoms with Gasteiger partial charge in [-0.15, -0.1) is 0 Å². The molecule has 0 saturated carbocycles. The van der Waals surface area contributed by atoms with E-state index < -0.39 is 18.1 Å². The standard InChI is InChI=1S/C9H12F2N2O2.Mg/c1-5(2)15-9(14)6-4-13(3)12-7(6)8(10)11;/h4-5,8H,1-3H3;. The van der Waals surface area contributed by atoms with Crippen molar-refractivity contribution in [3.8, 4) is 0 Å². The minimum absolute atomic E-state index is 0. The van der Waals surface area contributed by atoms with Crippen LogP contribution in [0.5, 0.6) is 0 Å². The maximum atomic E-state index is 12.5. The van der Waals surface area contributed by atoms with E-state index in [1.54, 1.807) is 13.8 Å². The minimum Gasteiger partial charge on any atom is -0.459 e. The molecule has 1 rings (SSSR count). The molecule has 0 amide bonds. The van der Waals surface area contributed by atoms with E-state index in [1.165, 1.54) is 17.9 Å². The van der Waals surface area contributed by atoms with E-state index in [0.717, 1.165) is 0 Å². The summed E-state index contributed by atoms with van der Waals surface area (Å²) in [6.07, 6.45) is -1.89. The average molecular weight is 243 g/mol. The second-order valence-electron chi connectivity index (χ2n) is 3.36. The number of alkyl halides is 2. The Morgan fingerprint density at radius 2 is 2.06 bits per heavy atom. The van der Waals surface area contributed by atoms with Crippen molar-refractivity contribution >= 4 is 29.0 Å². The highest BCUT2D eigenvalue weighted by Gasteiger charge is 2.24. The van der Waals surface area contributed by atoms with Gasteiger partial charge in [-0.25, -0.2) is 13.6 Å². The summed E-state index contributed by atoms with van der Waals surface area (Å²) in [5.74, 6) is -0.770. The van der Waals surface area contributed by atoms with E-state index in [4.69, 9.17) is 4.74 Å². The molecule has 0 unspecified atom stereocenters. The molecule has 0 fully saturated rings. The van der Waals surface area contributed by atoms with Crippen LogP contribution in [0, 0.1) is 0 Å². The van der Waals surface area contributed by atoms with Gasteiger partial charge in [-0.1, -0.05) is 0 Å². The lowest BCUT2D eigenvalue weighted by Crippen LogP contribution is -2.12. The van der Waals surface area contributed by atoms with Gasteiger partial charge in [0.15, 0.2) is 0 Å². The quantitative estimate of drug-likeness (QED) is 0.597. The number of rotatable bonds is 3. The lowest BCUT2D eigenvalue weighted by atomic mass is 10.2. The molecule has 1 aromatic rings. The monoisotopic (exact) mass is 242 g/mol. The lowest BCUT2D eigenvalue weighted by Gasteiger charge is -2.06. The molecule has 7 heteroatoms. The third kappa shape index (κ3) is 3.71. The number of hydrogen-bond donors (Lipinski definition) is 0. The van der Waals surface area contributed by atoms with Gasteiger partial charge in [0.25, 0.3) is 6.43 Å². The molecule has 0 spiro atoms. The predicted molar refractivity (Wildman–Crippen MR) is 54.5 cm³/mol. The zero-order valence-electron chi connectivity index (χ0n) is 9.41. The molecule has 0 atom stereocenters. The topological polar surface area (TPSA) is 44.1 Å². The molecule has 4 nitrogen and oxygen atoms in total. The minimum atomic E-state index is -2.78. The first-order chi connectivity index (χ1) is 6.91. The van der Waals surface area contributed by atoms with Crippen LogP contribution in [0.3, 0.4) is 0 Å². The van der Waals surface area contributed by atoms with Crippen molar-refractivity contribution in [2.45, 2.75) is 26.4 Å². The van der Waals surface area contributed by atoms with Crippen LogP contribution in [0.25, 0.3) is 0 Å². The van der Waals surface area contributed by atoms with Crippen molar-refractivity contribution in [3.63, 3.8) is 0 Å². The summed E-state index contributed by atoms with van der Waals surface area (Å²) in [4.78, 5) is 11.4. The third-order valence-electron chi connectivity index (χ3n) is 1.63. The number of carbonyl (C=O) groups is 1. The van der Waals surface area contributed by atoms with E-state index in [2.05, 4.69) is 5.10 Å². The first kappa shape index (κ1) is 15.3. The summed E-state index contributed by atoms with van der Waals surface area (Å²) < 4.78 is 30.9. The van der Waals surface area contributed by atoms with Gasteiger partial charge in [0.1, 0.15) is 11.3 Å². The number of aromatic nitrogens is 2. The zero-order valence-corrected chi connectivity index (χ0v) is 10.8. The number of ether oxygens (including phenoxy) is 1. The van der Waals surface area contributed by atoms with Crippen LogP contribution in [0.1, 0.15) is 36.3 Å². The number of esters is 1. The number of halogens is 2. The van der Waals surface area contributed by atoms with Crippen LogP contribution in [0.2, 0.25) is 0 Å². The summed E-state index contributed by atoms with van der Waals surface area (Å²) in [7, 11) is 1.47. The van der Waals surface area contributed by atoms with E-state index in [9.17, 15) is 13.6 Å². The Bertz CT molecular complexity index is 366. The first-order valence-electron chi connectivity index (χ1n) is 4.44. The summed E-state index contributed by atoms with van der Waals surface area (Å²) in [5.41, 5.74) is -0.718. The van der Waals surface area contributed by atoms with Crippen molar-refractivity contribution in [1.29, 1.82) is 0 Å². The number of nitrogens with zero attached hydrogens (tertiary/aromatic N) is 2. The average Bonchev–Trinajstić information content (AvgIpc) is 2.46. The van der Waals surface area contributed by atoms with Crippen molar-refractivity contribution in [3.05, 3.63) is 17.5 Å². The summed E-state index contributed by atoms with van der Waals surface area (Å²) in [5, 5.41) is 3.50. The van der Waals surface area contributed by atoms with Gasteiger partial charge >= 0.3 is 5.97 Å². The highest BCUT2D eigenvalue weighted by Crippen LogP contribution is 2.21. The fourth-order valence-electron chi connectivity index (χ4n) is 1.10. The Balaban J connectivity index is 0.00000225. The molecule has 0 N–H and O–H groups in total. The Morgan fingerprint density at radius 3 is 2.50 bits per heavy atom. The van der Waals surface area contributed by atoms with Crippen LogP contribution in [0.15, 0.2) is 6.20 Å². The molecule has 0 aliphatic heterocycles. The molecule has 1 heterocycles. The molecular formula is C9H12F2MgN2O2. The highest BCUT2D eigenvalue weighted by atomic mass is 24.3. The van der Waals surface area contributed by atoms with Gasteiger partial charge in [0, 0.05) is 36.3 Å². The van der Waals surface area contributed by atoms with Crippen LogP contribution < -0.4 is 0 Å². The van der Waals surface area contributed by atoms with Crippen LogP contribution in [0.4, 0.5) is 8.78 Å². The summed E-state index contributed by atoms with van der Waals surface area (Å²) in [6.45, 7) is 3.30. The zero-order chi connectivity index (χ0) is 11.6. The fourth-order valence-corrected chi connectivity index (χ4v) is 1.10. The van der Waals surface area contributed by atoms with Crippen molar-refractivity contribution in [2.24, 2.45) is 7.05 Å². The number of aryl methyl sites for hydroxylation is 1. The van der Waals surface area contributed by atoms with Crippen LogP contribution in [-0.4, -0.2) is 44.9 Å². The second kappa shape index (κ2) is 6.14. The van der Waals surface area contributed by atoms with Gasteiger partial charge in [0.05, 0.1) is 6.10 Å². The fraction of sp³-hybridized carbons (Fsp3) is 0.556. The molecule has 16 heavy (non-hydrogen) atoms.